The number of pyridine rings is 1. The Balaban J connectivity index is 1.49. The van der Waals surface area contributed by atoms with Gasteiger partial charge < -0.3 is 19.4 Å². The summed E-state index contributed by atoms with van der Waals surface area (Å²) in [5, 5.41) is 2.89. The quantitative estimate of drug-likeness (QED) is 0.493. The number of alkyl halides is 2. The molecule has 1 aliphatic heterocycles. The molecule has 0 fully saturated rings. The van der Waals surface area contributed by atoms with Gasteiger partial charge in [-0.1, -0.05) is 17.7 Å². The minimum atomic E-state index is -2.99. The average Bonchev–Trinajstić information content (AvgIpc) is 3.40. The van der Waals surface area contributed by atoms with Crippen LogP contribution in [0.25, 0.3) is 0 Å². The fourth-order valence-electron chi connectivity index (χ4n) is 3.61. The van der Waals surface area contributed by atoms with E-state index in [-0.39, 0.29) is 35.6 Å². The van der Waals surface area contributed by atoms with E-state index in [0.717, 1.165) is 6.92 Å². The van der Waals surface area contributed by atoms with Crippen LogP contribution in [0.4, 0.5) is 14.6 Å². The number of nitrogens with zero attached hydrogens (tertiary/aromatic N) is 3. The first kappa shape index (κ1) is 23.6. The summed E-state index contributed by atoms with van der Waals surface area (Å²) in [6, 6.07) is 5.98. The number of ether oxygens (including phenoxy) is 1. The summed E-state index contributed by atoms with van der Waals surface area (Å²) < 4.78 is 36.3. The Bertz CT molecular complexity index is 1210. The maximum Gasteiger partial charge on any atom is 0.278 e. The van der Waals surface area contributed by atoms with Crippen LogP contribution >= 0.6 is 11.6 Å². The maximum absolute atomic E-state index is 13.1. The third-order valence-corrected chi connectivity index (χ3v) is 5.63. The van der Waals surface area contributed by atoms with E-state index >= 15 is 0 Å². The number of hydrogen-bond donors (Lipinski definition) is 1. The highest BCUT2D eigenvalue weighted by Crippen LogP contribution is 2.36. The van der Waals surface area contributed by atoms with Gasteiger partial charge in [-0.3, -0.25) is 9.59 Å². The highest BCUT2D eigenvalue weighted by Gasteiger charge is 2.34. The fourth-order valence-corrected chi connectivity index (χ4v) is 3.86. The molecule has 1 aromatic carbocycles. The molecule has 2 amide bonds. The van der Waals surface area contributed by atoms with E-state index in [0.29, 0.717) is 28.3 Å². The molecule has 178 valence electrons. The van der Waals surface area contributed by atoms with Gasteiger partial charge in [0.1, 0.15) is 17.3 Å². The Hall–Kier alpha value is -3.53. The van der Waals surface area contributed by atoms with E-state index in [1.807, 2.05) is 6.92 Å². The molecule has 34 heavy (non-hydrogen) atoms. The van der Waals surface area contributed by atoms with E-state index in [1.54, 1.807) is 23.1 Å². The van der Waals surface area contributed by atoms with E-state index < -0.39 is 18.6 Å². The number of amides is 2. The second-order valence-electron chi connectivity index (χ2n) is 8.04. The lowest BCUT2D eigenvalue weighted by molar-refractivity contribution is -0.115. The Labute approximate surface area is 198 Å². The van der Waals surface area contributed by atoms with Crippen molar-refractivity contribution in [2.24, 2.45) is 0 Å². The van der Waals surface area contributed by atoms with Crippen LogP contribution < -0.4 is 10.1 Å². The number of oxazole rings is 1. The highest BCUT2D eigenvalue weighted by atomic mass is 35.5. The molecule has 11 heteroatoms. The molecule has 8 nitrogen and oxygen atoms in total. The van der Waals surface area contributed by atoms with E-state index in [1.165, 1.54) is 24.9 Å². The molecule has 0 saturated carbocycles. The molecule has 0 spiro atoms. The van der Waals surface area contributed by atoms with Gasteiger partial charge in [0.05, 0.1) is 30.2 Å². The fraction of sp³-hybridized carbons (Fsp3) is 0.304. The predicted octanol–water partition coefficient (Wildman–Crippen LogP) is 4.66. The molecule has 1 unspecified atom stereocenters. The van der Waals surface area contributed by atoms with Crippen LogP contribution in [0.3, 0.4) is 0 Å². The molecule has 3 heterocycles. The summed E-state index contributed by atoms with van der Waals surface area (Å²) in [7, 11) is 0. The summed E-state index contributed by atoms with van der Waals surface area (Å²) >= 11 is 6.23. The van der Waals surface area contributed by atoms with Crippen molar-refractivity contribution in [2.45, 2.75) is 38.8 Å². The van der Waals surface area contributed by atoms with Gasteiger partial charge in [-0.05, 0) is 30.7 Å². The summed E-state index contributed by atoms with van der Waals surface area (Å²) in [6.07, 6.45) is 4.13. The molecule has 0 radical (unpaired) electrons. The SMILES string of the molecule is CC(c1ccc(OCC(C)(F)F)c(Cl)c1)N1Cc2c(ccnc2NC(=O)Cc2cnco2)C1=O. The van der Waals surface area contributed by atoms with Gasteiger partial charge in [-0.25, -0.2) is 18.7 Å². The summed E-state index contributed by atoms with van der Waals surface area (Å²) in [5.41, 5.74) is 1.74. The average molecular weight is 491 g/mol. The van der Waals surface area contributed by atoms with Crippen molar-refractivity contribution in [2.75, 3.05) is 11.9 Å². The van der Waals surface area contributed by atoms with E-state index in [2.05, 4.69) is 15.3 Å². The van der Waals surface area contributed by atoms with E-state index in [4.69, 9.17) is 20.8 Å². The first-order valence-electron chi connectivity index (χ1n) is 10.4. The number of carbonyl (C=O) groups excluding carboxylic acids is 2. The van der Waals surface area contributed by atoms with Gasteiger partial charge in [-0.2, -0.15) is 0 Å². The van der Waals surface area contributed by atoms with Crippen molar-refractivity contribution in [1.29, 1.82) is 0 Å². The number of carbonyl (C=O) groups is 2. The van der Waals surface area contributed by atoms with Gasteiger partial charge in [0.25, 0.3) is 11.8 Å². The molecule has 2 aromatic heterocycles. The zero-order chi connectivity index (χ0) is 24.5. The van der Waals surface area contributed by atoms with Crippen molar-refractivity contribution in [3.05, 3.63) is 70.5 Å². The molecule has 4 rings (SSSR count). The Morgan fingerprint density at radius 3 is 2.85 bits per heavy atom. The van der Waals surface area contributed by atoms with Gasteiger partial charge in [0.2, 0.25) is 5.91 Å². The Kier molecular flexibility index (Phi) is 6.52. The van der Waals surface area contributed by atoms with Crippen molar-refractivity contribution < 1.29 is 27.5 Å². The number of benzene rings is 1. The first-order chi connectivity index (χ1) is 16.1. The lowest BCUT2D eigenvalue weighted by Gasteiger charge is -2.25. The maximum atomic E-state index is 13.1. The standard InChI is InChI=1S/C23H21ClF2N4O4/c1-13(14-3-4-19(18(24)7-14)33-11-23(2,25)26)30-10-17-16(22(30)32)5-6-28-21(17)29-20(31)8-15-9-27-12-34-15/h3-7,9,12-13H,8,10-11H2,1-2H3,(H,28,29,31). The van der Waals surface area contributed by atoms with Gasteiger partial charge >= 0.3 is 0 Å². The molecule has 0 bridgehead atoms. The molecular weight excluding hydrogens is 470 g/mol. The largest absolute Gasteiger partial charge is 0.486 e. The van der Waals surface area contributed by atoms with E-state index in [9.17, 15) is 18.4 Å². The lowest BCUT2D eigenvalue weighted by atomic mass is 10.1. The Morgan fingerprint density at radius 1 is 1.38 bits per heavy atom. The van der Waals surface area contributed by atoms with Gasteiger partial charge in [0, 0.05) is 24.2 Å². The number of rotatable bonds is 8. The summed E-state index contributed by atoms with van der Waals surface area (Å²) in [6.45, 7) is 2.01. The molecule has 1 aliphatic rings. The first-order valence-corrected chi connectivity index (χ1v) is 10.8. The van der Waals surface area contributed by atoms with Crippen LogP contribution in [0.15, 0.2) is 47.5 Å². The molecular formula is C23H21ClF2N4O4. The number of halogens is 3. The van der Waals surface area contributed by atoms with Crippen molar-refractivity contribution in [1.82, 2.24) is 14.9 Å². The smallest absolute Gasteiger partial charge is 0.278 e. The highest BCUT2D eigenvalue weighted by molar-refractivity contribution is 6.32. The number of fused-ring (bicyclic) bond motifs is 1. The molecule has 0 saturated heterocycles. The van der Waals surface area contributed by atoms with Crippen LogP contribution in [0, 0.1) is 0 Å². The minimum absolute atomic E-state index is 0.0176. The molecule has 0 aliphatic carbocycles. The van der Waals surface area contributed by atoms with Crippen LogP contribution in [-0.2, 0) is 17.8 Å². The van der Waals surface area contributed by atoms with Crippen LogP contribution in [0.5, 0.6) is 5.75 Å². The van der Waals surface area contributed by atoms with Crippen molar-refractivity contribution in [3.63, 3.8) is 0 Å². The van der Waals surface area contributed by atoms with Gasteiger partial charge in [0.15, 0.2) is 13.0 Å². The number of hydrogen-bond acceptors (Lipinski definition) is 6. The second-order valence-corrected chi connectivity index (χ2v) is 8.44. The number of nitrogens with one attached hydrogen (secondary N) is 1. The molecule has 1 N–H and O–H groups in total. The third kappa shape index (κ3) is 5.17. The number of aromatic nitrogens is 2. The predicted molar refractivity (Wildman–Crippen MR) is 119 cm³/mol. The molecule has 1 atom stereocenters. The van der Waals surface area contributed by atoms with Crippen molar-refractivity contribution in [3.8, 4) is 5.75 Å². The van der Waals surface area contributed by atoms with Gasteiger partial charge in [-0.15, -0.1) is 0 Å². The number of anilines is 1. The monoisotopic (exact) mass is 490 g/mol. The van der Waals surface area contributed by atoms with Crippen LogP contribution in [-0.4, -0.2) is 39.2 Å². The van der Waals surface area contributed by atoms with Crippen LogP contribution in [0.2, 0.25) is 5.02 Å². The zero-order valence-corrected chi connectivity index (χ0v) is 19.1. The second kappa shape index (κ2) is 9.38. The topological polar surface area (TPSA) is 97.6 Å². The lowest BCUT2D eigenvalue weighted by Crippen LogP contribution is -2.27. The Morgan fingerprint density at radius 2 is 2.18 bits per heavy atom. The van der Waals surface area contributed by atoms with Crippen LogP contribution in [0.1, 0.15) is 47.1 Å². The zero-order valence-electron chi connectivity index (χ0n) is 18.3. The summed E-state index contributed by atoms with van der Waals surface area (Å²) in [5.74, 6) is -2.72. The van der Waals surface area contributed by atoms with Crippen molar-refractivity contribution >= 4 is 29.2 Å². The summed E-state index contributed by atoms with van der Waals surface area (Å²) in [4.78, 5) is 35.1. The minimum Gasteiger partial charge on any atom is -0.486 e. The molecule has 3 aromatic rings. The third-order valence-electron chi connectivity index (χ3n) is 5.34. The normalized spacial score (nSPS) is 14.1.